The fourth-order valence-electron chi connectivity index (χ4n) is 0.662. The predicted octanol–water partition coefficient (Wildman–Crippen LogP) is 1.49. The largest absolute Gasteiger partial charge is 0.428 e. The van der Waals surface area contributed by atoms with Crippen molar-refractivity contribution in [3.8, 4) is 0 Å². The summed E-state index contributed by atoms with van der Waals surface area (Å²) >= 11 is 0. The number of carbonyl (C=O) groups is 2. The van der Waals surface area contributed by atoms with Gasteiger partial charge in [0.25, 0.3) is 0 Å². The van der Waals surface area contributed by atoms with Crippen LogP contribution in [0.5, 0.6) is 0 Å². The highest BCUT2D eigenvalue weighted by Crippen LogP contribution is 2.18. The van der Waals surface area contributed by atoms with E-state index < -0.39 is 5.97 Å². The van der Waals surface area contributed by atoms with Gasteiger partial charge in [0.1, 0.15) is 0 Å². The smallest absolute Gasteiger partial charge is 0.309 e. The first kappa shape index (κ1) is 11.9. The summed E-state index contributed by atoms with van der Waals surface area (Å²) in [6, 6.07) is 0. The van der Waals surface area contributed by atoms with Crippen molar-refractivity contribution in [2.75, 3.05) is 6.79 Å². The van der Waals surface area contributed by atoms with Crippen molar-refractivity contribution in [2.24, 2.45) is 5.41 Å². The van der Waals surface area contributed by atoms with Crippen molar-refractivity contribution in [1.29, 1.82) is 0 Å². The average Bonchev–Trinajstić information content (AvgIpc) is 1.81. The summed E-state index contributed by atoms with van der Waals surface area (Å²) in [5.74, 6) is -0.808. The van der Waals surface area contributed by atoms with Gasteiger partial charge in [0.05, 0.1) is 6.42 Å². The second kappa shape index (κ2) is 4.84. The maximum atomic E-state index is 11.0. The molecule has 0 radical (unpaired) electrons. The maximum absolute atomic E-state index is 11.0. The summed E-state index contributed by atoms with van der Waals surface area (Å²) in [5, 5.41) is 0. The quantitative estimate of drug-likeness (QED) is 0.497. The van der Waals surface area contributed by atoms with Gasteiger partial charge in [-0.1, -0.05) is 20.8 Å². The number of esters is 2. The van der Waals surface area contributed by atoms with Crippen molar-refractivity contribution in [2.45, 2.75) is 34.1 Å². The van der Waals surface area contributed by atoms with E-state index in [-0.39, 0.29) is 18.2 Å². The zero-order valence-corrected chi connectivity index (χ0v) is 8.55. The van der Waals surface area contributed by atoms with Gasteiger partial charge in [-0.3, -0.25) is 9.59 Å². The van der Waals surface area contributed by atoms with E-state index in [0.717, 1.165) is 0 Å². The third-order valence-electron chi connectivity index (χ3n) is 1.16. The Morgan fingerprint density at radius 3 is 2.08 bits per heavy atom. The topological polar surface area (TPSA) is 52.6 Å². The van der Waals surface area contributed by atoms with Crippen LogP contribution in [0.25, 0.3) is 0 Å². The molecule has 0 spiro atoms. The first-order valence-electron chi connectivity index (χ1n) is 4.10. The Hall–Kier alpha value is -1.06. The monoisotopic (exact) mass is 188 g/mol. The fraction of sp³-hybridized carbons (Fsp3) is 0.778. The third kappa shape index (κ3) is 8.85. The molecule has 0 aliphatic heterocycles. The molecule has 0 aliphatic carbocycles. The number of rotatable bonds is 3. The molecule has 13 heavy (non-hydrogen) atoms. The lowest BCUT2D eigenvalue weighted by Gasteiger charge is -2.16. The molecule has 4 heteroatoms. The van der Waals surface area contributed by atoms with Gasteiger partial charge < -0.3 is 9.47 Å². The van der Waals surface area contributed by atoms with Gasteiger partial charge in [-0.25, -0.2) is 0 Å². The first-order chi connectivity index (χ1) is 5.81. The predicted molar refractivity (Wildman–Crippen MR) is 46.8 cm³/mol. The highest BCUT2D eigenvalue weighted by Gasteiger charge is 2.16. The lowest BCUT2D eigenvalue weighted by molar-refractivity contribution is -0.166. The Balaban J connectivity index is 3.59. The zero-order chi connectivity index (χ0) is 10.5. The Morgan fingerprint density at radius 2 is 1.69 bits per heavy atom. The molecule has 0 aliphatic rings. The minimum Gasteiger partial charge on any atom is -0.428 e. The second-order valence-corrected chi connectivity index (χ2v) is 4.01. The van der Waals surface area contributed by atoms with E-state index in [1.165, 1.54) is 6.92 Å². The standard InChI is InChI=1S/C9H16O4/c1-7(10)12-6-13-8(11)5-9(2,3)4/h5-6H2,1-4H3. The molecule has 0 aromatic heterocycles. The molecule has 0 unspecified atom stereocenters. The van der Waals surface area contributed by atoms with Crippen LogP contribution < -0.4 is 0 Å². The summed E-state index contributed by atoms with van der Waals surface area (Å²) in [4.78, 5) is 21.3. The Bertz CT molecular complexity index is 190. The Labute approximate surface area is 78.2 Å². The maximum Gasteiger partial charge on any atom is 0.309 e. The highest BCUT2D eigenvalue weighted by atomic mass is 16.7. The van der Waals surface area contributed by atoms with Crippen LogP contribution in [-0.4, -0.2) is 18.7 Å². The number of hydrogen-bond acceptors (Lipinski definition) is 4. The van der Waals surface area contributed by atoms with E-state index in [1.54, 1.807) is 0 Å². The average molecular weight is 188 g/mol. The molecule has 0 aromatic rings. The summed E-state index contributed by atoms with van der Waals surface area (Å²) in [6.45, 7) is 6.77. The van der Waals surface area contributed by atoms with E-state index in [9.17, 15) is 9.59 Å². The minimum atomic E-state index is -0.455. The van der Waals surface area contributed by atoms with Crippen LogP contribution in [0, 0.1) is 5.41 Å². The van der Waals surface area contributed by atoms with E-state index >= 15 is 0 Å². The van der Waals surface area contributed by atoms with Crippen molar-refractivity contribution >= 4 is 11.9 Å². The van der Waals surface area contributed by atoms with Crippen LogP contribution in [0.4, 0.5) is 0 Å². The normalized spacial score (nSPS) is 10.8. The molecule has 0 saturated carbocycles. The van der Waals surface area contributed by atoms with E-state index in [0.29, 0.717) is 6.42 Å². The molecule has 0 bridgehead atoms. The van der Waals surface area contributed by atoms with Crippen LogP contribution in [0.2, 0.25) is 0 Å². The second-order valence-electron chi connectivity index (χ2n) is 4.01. The minimum absolute atomic E-state index is 0.104. The molecule has 4 nitrogen and oxygen atoms in total. The highest BCUT2D eigenvalue weighted by molar-refractivity contribution is 5.70. The van der Waals surface area contributed by atoms with Gasteiger partial charge in [-0.2, -0.15) is 0 Å². The Kier molecular flexibility index (Phi) is 4.45. The van der Waals surface area contributed by atoms with E-state index in [4.69, 9.17) is 0 Å². The number of hydrogen-bond donors (Lipinski definition) is 0. The van der Waals surface area contributed by atoms with Crippen LogP contribution >= 0.6 is 0 Å². The van der Waals surface area contributed by atoms with Gasteiger partial charge in [0, 0.05) is 6.92 Å². The van der Waals surface area contributed by atoms with Crippen LogP contribution in [-0.2, 0) is 19.1 Å². The molecule has 0 heterocycles. The molecular weight excluding hydrogens is 172 g/mol. The molecule has 0 rings (SSSR count). The first-order valence-corrected chi connectivity index (χ1v) is 4.10. The molecule has 76 valence electrons. The molecule has 0 fully saturated rings. The summed E-state index contributed by atoms with van der Waals surface area (Å²) in [7, 11) is 0. The summed E-state index contributed by atoms with van der Waals surface area (Å²) in [6.07, 6.45) is 0.314. The van der Waals surface area contributed by atoms with Crippen LogP contribution in [0.3, 0.4) is 0 Å². The van der Waals surface area contributed by atoms with Gasteiger partial charge in [-0.05, 0) is 5.41 Å². The van der Waals surface area contributed by atoms with Gasteiger partial charge in [0.2, 0.25) is 6.79 Å². The van der Waals surface area contributed by atoms with Crippen molar-refractivity contribution < 1.29 is 19.1 Å². The SMILES string of the molecule is CC(=O)OCOC(=O)CC(C)(C)C. The Morgan fingerprint density at radius 1 is 1.15 bits per heavy atom. The lowest BCUT2D eigenvalue weighted by Crippen LogP contribution is -2.17. The zero-order valence-electron chi connectivity index (χ0n) is 8.55. The molecule has 0 saturated heterocycles. The number of ether oxygens (including phenoxy) is 2. The molecule has 0 N–H and O–H groups in total. The van der Waals surface area contributed by atoms with Gasteiger partial charge >= 0.3 is 11.9 Å². The third-order valence-corrected chi connectivity index (χ3v) is 1.16. The molecule has 0 amide bonds. The summed E-state index contributed by atoms with van der Waals surface area (Å²) in [5.41, 5.74) is -0.104. The van der Waals surface area contributed by atoms with Gasteiger partial charge in [0.15, 0.2) is 0 Å². The van der Waals surface area contributed by atoms with Crippen molar-refractivity contribution in [3.63, 3.8) is 0 Å². The number of carbonyl (C=O) groups excluding carboxylic acids is 2. The van der Waals surface area contributed by atoms with Crippen molar-refractivity contribution in [1.82, 2.24) is 0 Å². The van der Waals surface area contributed by atoms with E-state index in [1.807, 2.05) is 20.8 Å². The van der Waals surface area contributed by atoms with Crippen LogP contribution in [0.1, 0.15) is 34.1 Å². The van der Waals surface area contributed by atoms with Gasteiger partial charge in [-0.15, -0.1) is 0 Å². The molecule has 0 atom stereocenters. The lowest BCUT2D eigenvalue weighted by atomic mass is 9.93. The van der Waals surface area contributed by atoms with Crippen LogP contribution in [0.15, 0.2) is 0 Å². The fourth-order valence-corrected chi connectivity index (χ4v) is 0.662. The molecular formula is C9H16O4. The van der Waals surface area contributed by atoms with Crippen molar-refractivity contribution in [3.05, 3.63) is 0 Å². The van der Waals surface area contributed by atoms with E-state index in [2.05, 4.69) is 9.47 Å². The summed E-state index contributed by atoms with van der Waals surface area (Å²) < 4.78 is 9.09. The molecule has 0 aromatic carbocycles.